The van der Waals surface area contributed by atoms with Gasteiger partial charge in [0.25, 0.3) is 0 Å². The van der Waals surface area contributed by atoms with E-state index in [1.165, 1.54) is 7.11 Å². The lowest BCUT2D eigenvalue weighted by Crippen LogP contribution is -2.15. The number of phenolic OH excluding ortho intramolecular Hbond substituents is 1. The maximum absolute atomic E-state index is 12.1. The number of methoxy groups -OCH3 is 1. The molecule has 0 radical (unpaired) electrons. The fraction of sp³-hybridized carbons (Fsp3) is 0.188. The molecule has 0 saturated carbocycles. The number of ether oxygens (including phenoxy) is 1. The first-order valence-corrected chi connectivity index (χ1v) is 6.80. The maximum Gasteiger partial charge on any atom is 0.229 e. The number of carbonyl (C=O) groups is 1. The van der Waals surface area contributed by atoms with Crippen LogP contribution in [0.5, 0.6) is 11.5 Å². The summed E-state index contributed by atoms with van der Waals surface area (Å²) in [5, 5.41) is 13.0. The first-order valence-electron chi connectivity index (χ1n) is 6.42. The number of rotatable bonds is 4. The van der Waals surface area contributed by atoms with E-state index >= 15 is 0 Å². The van der Waals surface area contributed by atoms with Gasteiger partial charge in [-0.25, -0.2) is 0 Å². The van der Waals surface area contributed by atoms with Crippen LogP contribution in [0.4, 0.5) is 5.69 Å². The third kappa shape index (κ3) is 3.67. The Hall–Kier alpha value is -2.20. The Morgan fingerprint density at radius 2 is 2.05 bits per heavy atom. The first-order chi connectivity index (χ1) is 10.0. The van der Waals surface area contributed by atoms with Crippen molar-refractivity contribution in [3.8, 4) is 11.5 Å². The Bertz CT molecular complexity index is 671. The van der Waals surface area contributed by atoms with Crippen LogP contribution in [0.3, 0.4) is 0 Å². The molecule has 0 aromatic heterocycles. The van der Waals surface area contributed by atoms with Gasteiger partial charge in [-0.15, -0.1) is 0 Å². The first kappa shape index (κ1) is 15.2. The molecule has 0 saturated heterocycles. The number of anilines is 1. The Labute approximate surface area is 128 Å². The second kappa shape index (κ2) is 6.50. The molecule has 5 heteroatoms. The second-order valence-electron chi connectivity index (χ2n) is 4.66. The van der Waals surface area contributed by atoms with Crippen molar-refractivity contribution in [2.24, 2.45) is 0 Å². The summed E-state index contributed by atoms with van der Waals surface area (Å²) in [7, 11) is 1.51. The molecule has 4 nitrogen and oxygen atoms in total. The van der Waals surface area contributed by atoms with Crippen LogP contribution < -0.4 is 10.1 Å². The van der Waals surface area contributed by atoms with Crippen molar-refractivity contribution in [2.75, 3.05) is 12.4 Å². The Morgan fingerprint density at radius 1 is 1.33 bits per heavy atom. The minimum Gasteiger partial charge on any atom is -0.508 e. The Morgan fingerprint density at radius 3 is 2.71 bits per heavy atom. The van der Waals surface area contributed by atoms with Gasteiger partial charge in [0.1, 0.15) is 11.5 Å². The molecule has 0 aliphatic rings. The molecular weight excluding hydrogens is 290 g/mol. The van der Waals surface area contributed by atoms with Gasteiger partial charge in [0.05, 0.1) is 19.2 Å². The predicted molar refractivity (Wildman–Crippen MR) is 83.2 cm³/mol. The van der Waals surface area contributed by atoms with Gasteiger partial charge >= 0.3 is 0 Å². The fourth-order valence-corrected chi connectivity index (χ4v) is 2.11. The topological polar surface area (TPSA) is 58.6 Å². The SMILES string of the molecule is COc1cc(Cl)c(C)cc1NC(=O)Cc1ccccc1O. The normalized spacial score (nSPS) is 10.2. The molecule has 0 fully saturated rings. The average molecular weight is 306 g/mol. The van der Waals surface area contributed by atoms with Crippen LogP contribution in [0.25, 0.3) is 0 Å². The fourth-order valence-electron chi connectivity index (χ4n) is 1.96. The highest BCUT2D eigenvalue weighted by Gasteiger charge is 2.12. The molecule has 0 atom stereocenters. The second-order valence-corrected chi connectivity index (χ2v) is 5.06. The molecule has 2 aromatic carbocycles. The summed E-state index contributed by atoms with van der Waals surface area (Å²) in [5.41, 5.74) is 1.97. The van der Waals surface area contributed by atoms with E-state index in [0.717, 1.165) is 5.56 Å². The van der Waals surface area contributed by atoms with Crippen molar-refractivity contribution < 1.29 is 14.6 Å². The van der Waals surface area contributed by atoms with Crippen LogP contribution in [0.15, 0.2) is 36.4 Å². The predicted octanol–water partition coefficient (Wildman–Crippen LogP) is 3.54. The Balaban J connectivity index is 2.17. The van der Waals surface area contributed by atoms with Gasteiger partial charge in [-0.1, -0.05) is 29.8 Å². The van der Waals surface area contributed by atoms with Gasteiger partial charge < -0.3 is 15.2 Å². The number of phenols is 1. The number of nitrogens with one attached hydrogen (secondary N) is 1. The highest BCUT2D eigenvalue weighted by atomic mass is 35.5. The van der Waals surface area contributed by atoms with Crippen molar-refractivity contribution in [1.29, 1.82) is 0 Å². The molecule has 2 aromatic rings. The number of para-hydroxylation sites is 1. The summed E-state index contributed by atoms with van der Waals surface area (Å²) < 4.78 is 5.21. The van der Waals surface area contributed by atoms with Gasteiger partial charge in [0, 0.05) is 16.7 Å². The number of aryl methyl sites for hydroxylation is 1. The van der Waals surface area contributed by atoms with Gasteiger partial charge in [-0.3, -0.25) is 4.79 Å². The highest BCUT2D eigenvalue weighted by Crippen LogP contribution is 2.31. The van der Waals surface area contributed by atoms with Gasteiger partial charge in [0.2, 0.25) is 5.91 Å². The average Bonchev–Trinajstić information content (AvgIpc) is 2.45. The van der Waals surface area contributed by atoms with Crippen LogP contribution in [-0.4, -0.2) is 18.1 Å². The lowest BCUT2D eigenvalue weighted by Gasteiger charge is -2.12. The third-order valence-corrected chi connectivity index (χ3v) is 3.50. The van der Waals surface area contributed by atoms with E-state index in [1.807, 2.05) is 6.92 Å². The Kier molecular flexibility index (Phi) is 4.70. The minimum absolute atomic E-state index is 0.0809. The number of amides is 1. The van der Waals surface area contributed by atoms with Gasteiger partial charge in [-0.05, 0) is 24.6 Å². The molecule has 2 rings (SSSR count). The number of benzene rings is 2. The van der Waals surface area contributed by atoms with Gasteiger partial charge in [0.15, 0.2) is 0 Å². The largest absolute Gasteiger partial charge is 0.508 e. The third-order valence-electron chi connectivity index (χ3n) is 3.10. The summed E-state index contributed by atoms with van der Waals surface area (Å²) in [5.74, 6) is 0.361. The van der Waals surface area contributed by atoms with Crippen LogP contribution in [-0.2, 0) is 11.2 Å². The smallest absolute Gasteiger partial charge is 0.229 e. The van der Waals surface area contributed by atoms with Crippen molar-refractivity contribution >= 4 is 23.2 Å². The van der Waals surface area contributed by atoms with E-state index in [4.69, 9.17) is 16.3 Å². The number of halogens is 1. The van der Waals surface area contributed by atoms with Crippen molar-refractivity contribution in [1.82, 2.24) is 0 Å². The molecule has 0 aliphatic heterocycles. The summed E-state index contributed by atoms with van der Waals surface area (Å²) >= 11 is 6.03. The van der Waals surface area contributed by atoms with Crippen LogP contribution in [0.1, 0.15) is 11.1 Å². The monoisotopic (exact) mass is 305 g/mol. The van der Waals surface area contributed by atoms with Crippen LogP contribution in [0, 0.1) is 6.92 Å². The molecule has 0 aliphatic carbocycles. The quantitative estimate of drug-likeness (QED) is 0.908. The number of aromatic hydroxyl groups is 1. The minimum atomic E-state index is -0.239. The van der Waals surface area contributed by atoms with E-state index < -0.39 is 0 Å². The molecule has 2 N–H and O–H groups in total. The van der Waals surface area contributed by atoms with Crippen molar-refractivity contribution in [3.63, 3.8) is 0 Å². The van der Waals surface area contributed by atoms with E-state index in [1.54, 1.807) is 36.4 Å². The zero-order chi connectivity index (χ0) is 15.4. The van der Waals surface area contributed by atoms with E-state index in [-0.39, 0.29) is 18.1 Å². The summed E-state index contributed by atoms with van der Waals surface area (Å²) in [6.45, 7) is 1.85. The zero-order valence-corrected chi connectivity index (χ0v) is 12.6. The molecule has 21 heavy (non-hydrogen) atoms. The lowest BCUT2D eigenvalue weighted by atomic mass is 10.1. The van der Waals surface area contributed by atoms with E-state index in [0.29, 0.717) is 22.0 Å². The van der Waals surface area contributed by atoms with Crippen molar-refractivity contribution in [3.05, 3.63) is 52.5 Å². The van der Waals surface area contributed by atoms with E-state index in [9.17, 15) is 9.90 Å². The summed E-state index contributed by atoms with van der Waals surface area (Å²) in [4.78, 5) is 12.1. The maximum atomic E-state index is 12.1. The standard InChI is InChI=1S/C16H16ClNO3/c1-10-7-13(15(21-2)9-12(10)17)18-16(20)8-11-5-3-4-6-14(11)19/h3-7,9,19H,8H2,1-2H3,(H,18,20). The van der Waals surface area contributed by atoms with Crippen LogP contribution in [0.2, 0.25) is 5.02 Å². The number of hydrogen-bond acceptors (Lipinski definition) is 3. The molecule has 0 spiro atoms. The molecule has 0 unspecified atom stereocenters. The molecule has 110 valence electrons. The highest BCUT2D eigenvalue weighted by molar-refractivity contribution is 6.31. The molecule has 0 bridgehead atoms. The van der Waals surface area contributed by atoms with Crippen LogP contribution >= 0.6 is 11.6 Å². The number of hydrogen-bond donors (Lipinski definition) is 2. The number of carbonyl (C=O) groups excluding carboxylic acids is 1. The summed E-state index contributed by atoms with van der Waals surface area (Å²) in [6.07, 6.45) is 0.0809. The van der Waals surface area contributed by atoms with Crippen molar-refractivity contribution in [2.45, 2.75) is 13.3 Å². The zero-order valence-electron chi connectivity index (χ0n) is 11.8. The molecule has 0 heterocycles. The van der Waals surface area contributed by atoms with E-state index in [2.05, 4.69) is 5.32 Å². The molecule has 1 amide bonds. The lowest BCUT2D eigenvalue weighted by molar-refractivity contribution is -0.115. The molecular formula is C16H16ClNO3. The van der Waals surface area contributed by atoms with Gasteiger partial charge in [-0.2, -0.15) is 0 Å². The summed E-state index contributed by atoms with van der Waals surface area (Å²) in [6, 6.07) is 10.2.